The van der Waals surface area contributed by atoms with Crippen LogP contribution in [0.5, 0.6) is 5.75 Å². The highest BCUT2D eigenvalue weighted by Gasteiger charge is 2.14. The van der Waals surface area contributed by atoms with Crippen LogP contribution in [0.3, 0.4) is 0 Å². The summed E-state index contributed by atoms with van der Waals surface area (Å²) in [6.07, 6.45) is 1.05. The smallest absolute Gasteiger partial charge is 0.253 e. The van der Waals surface area contributed by atoms with Crippen molar-refractivity contribution in [3.05, 3.63) is 48.2 Å². The van der Waals surface area contributed by atoms with Gasteiger partial charge in [0.05, 0.1) is 25.6 Å². The SMILES string of the molecule is COc1cccc(COC(C)C(=O)Nc2ccc(N(C)C)nc2)c1. The number of anilines is 2. The van der Waals surface area contributed by atoms with Gasteiger partial charge in [0, 0.05) is 14.1 Å². The normalized spacial score (nSPS) is 11.7. The monoisotopic (exact) mass is 329 g/mol. The van der Waals surface area contributed by atoms with Crippen LogP contribution < -0.4 is 15.0 Å². The van der Waals surface area contributed by atoms with Crippen molar-refractivity contribution in [3.63, 3.8) is 0 Å². The van der Waals surface area contributed by atoms with Crippen molar-refractivity contribution < 1.29 is 14.3 Å². The van der Waals surface area contributed by atoms with Crippen molar-refractivity contribution >= 4 is 17.4 Å². The molecular weight excluding hydrogens is 306 g/mol. The first-order valence-corrected chi connectivity index (χ1v) is 7.68. The van der Waals surface area contributed by atoms with Crippen LogP contribution in [0, 0.1) is 0 Å². The molecular formula is C18H23N3O3. The minimum absolute atomic E-state index is 0.211. The number of aromatic nitrogens is 1. The molecule has 2 aromatic rings. The lowest BCUT2D eigenvalue weighted by atomic mass is 10.2. The van der Waals surface area contributed by atoms with E-state index in [1.165, 1.54) is 0 Å². The molecule has 0 spiro atoms. The van der Waals surface area contributed by atoms with Gasteiger partial charge in [0.15, 0.2) is 0 Å². The summed E-state index contributed by atoms with van der Waals surface area (Å²) in [6.45, 7) is 2.06. The van der Waals surface area contributed by atoms with Gasteiger partial charge < -0.3 is 19.7 Å². The predicted octanol–water partition coefficient (Wildman–Crippen LogP) is 2.70. The minimum atomic E-state index is -0.579. The number of ether oxygens (including phenoxy) is 2. The Morgan fingerprint density at radius 1 is 1.29 bits per heavy atom. The summed E-state index contributed by atoms with van der Waals surface area (Å²) >= 11 is 0. The Balaban J connectivity index is 1.87. The molecule has 0 fully saturated rings. The van der Waals surface area contributed by atoms with E-state index in [1.807, 2.05) is 55.4 Å². The summed E-state index contributed by atoms with van der Waals surface area (Å²) in [5, 5.41) is 2.80. The molecule has 0 aliphatic heterocycles. The van der Waals surface area contributed by atoms with Gasteiger partial charge in [-0.1, -0.05) is 12.1 Å². The average Bonchev–Trinajstić information content (AvgIpc) is 2.60. The third kappa shape index (κ3) is 4.96. The number of carbonyl (C=O) groups is 1. The molecule has 6 nitrogen and oxygen atoms in total. The Labute approximate surface area is 142 Å². The Morgan fingerprint density at radius 2 is 2.08 bits per heavy atom. The van der Waals surface area contributed by atoms with Gasteiger partial charge in [0.1, 0.15) is 17.7 Å². The molecule has 128 valence electrons. The average molecular weight is 329 g/mol. The summed E-state index contributed by atoms with van der Waals surface area (Å²) in [6, 6.07) is 11.2. The number of methoxy groups -OCH3 is 1. The molecule has 1 unspecified atom stereocenters. The van der Waals surface area contributed by atoms with Crippen molar-refractivity contribution in [1.29, 1.82) is 0 Å². The Bertz CT molecular complexity index is 671. The Hall–Kier alpha value is -2.60. The van der Waals surface area contributed by atoms with E-state index in [-0.39, 0.29) is 5.91 Å². The van der Waals surface area contributed by atoms with Gasteiger partial charge in [-0.25, -0.2) is 4.98 Å². The van der Waals surface area contributed by atoms with Crippen LogP contribution in [0.2, 0.25) is 0 Å². The van der Waals surface area contributed by atoms with Crippen LogP contribution in [0.1, 0.15) is 12.5 Å². The number of amides is 1. The summed E-state index contributed by atoms with van der Waals surface area (Å²) in [5.41, 5.74) is 1.59. The molecule has 24 heavy (non-hydrogen) atoms. The highest BCUT2D eigenvalue weighted by molar-refractivity contribution is 5.93. The fraction of sp³-hybridized carbons (Fsp3) is 0.333. The van der Waals surface area contributed by atoms with E-state index in [4.69, 9.17) is 9.47 Å². The molecule has 0 saturated carbocycles. The summed E-state index contributed by atoms with van der Waals surface area (Å²) in [7, 11) is 5.44. The van der Waals surface area contributed by atoms with Gasteiger partial charge in [-0.05, 0) is 36.8 Å². The number of benzene rings is 1. The minimum Gasteiger partial charge on any atom is -0.497 e. The van der Waals surface area contributed by atoms with E-state index in [0.29, 0.717) is 12.3 Å². The maximum absolute atomic E-state index is 12.2. The summed E-state index contributed by atoms with van der Waals surface area (Å²) in [5.74, 6) is 1.38. The molecule has 1 aromatic carbocycles. The van der Waals surface area contributed by atoms with E-state index in [9.17, 15) is 4.79 Å². The van der Waals surface area contributed by atoms with E-state index in [2.05, 4.69) is 10.3 Å². The van der Waals surface area contributed by atoms with Gasteiger partial charge in [-0.2, -0.15) is 0 Å². The number of carbonyl (C=O) groups excluding carboxylic acids is 1. The molecule has 0 aliphatic rings. The molecule has 0 saturated heterocycles. The number of pyridine rings is 1. The van der Waals surface area contributed by atoms with E-state index in [1.54, 1.807) is 20.2 Å². The van der Waals surface area contributed by atoms with Crippen molar-refractivity contribution in [2.75, 3.05) is 31.4 Å². The third-order valence-corrected chi connectivity index (χ3v) is 3.48. The number of rotatable bonds is 7. The Morgan fingerprint density at radius 3 is 2.71 bits per heavy atom. The summed E-state index contributed by atoms with van der Waals surface area (Å²) in [4.78, 5) is 18.3. The quantitative estimate of drug-likeness (QED) is 0.846. The second-order valence-corrected chi connectivity index (χ2v) is 5.59. The second-order valence-electron chi connectivity index (χ2n) is 5.59. The van der Waals surface area contributed by atoms with Crippen molar-refractivity contribution in [2.45, 2.75) is 19.6 Å². The lowest BCUT2D eigenvalue weighted by Gasteiger charge is -2.15. The van der Waals surface area contributed by atoms with Gasteiger partial charge in [0.25, 0.3) is 5.91 Å². The fourth-order valence-electron chi connectivity index (χ4n) is 2.03. The van der Waals surface area contributed by atoms with Crippen LogP contribution in [-0.2, 0) is 16.1 Å². The highest BCUT2D eigenvalue weighted by atomic mass is 16.5. The highest BCUT2D eigenvalue weighted by Crippen LogP contribution is 2.15. The lowest BCUT2D eigenvalue weighted by molar-refractivity contribution is -0.127. The topological polar surface area (TPSA) is 63.7 Å². The van der Waals surface area contributed by atoms with E-state index >= 15 is 0 Å². The van der Waals surface area contributed by atoms with Gasteiger partial charge in [-0.15, -0.1) is 0 Å². The zero-order chi connectivity index (χ0) is 17.5. The van der Waals surface area contributed by atoms with E-state index in [0.717, 1.165) is 17.1 Å². The maximum Gasteiger partial charge on any atom is 0.253 e. The van der Waals surface area contributed by atoms with Gasteiger partial charge in [0.2, 0.25) is 0 Å². The number of nitrogens with zero attached hydrogens (tertiary/aromatic N) is 2. The predicted molar refractivity (Wildman–Crippen MR) is 94.4 cm³/mol. The molecule has 1 amide bonds. The molecule has 0 bridgehead atoms. The number of hydrogen-bond donors (Lipinski definition) is 1. The van der Waals surface area contributed by atoms with Crippen molar-refractivity contribution in [3.8, 4) is 5.75 Å². The number of hydrogen-bond acceptors (Lipinski definition) is 5. The van der Waals surface area contributed by atoms with Crippen molar-refractivity contribution in [1.82, 2.24) is 4.98 Å². The van der Waals surface area contributed by atoms with Crippen LogP contribution in [0.15, 0.2) is 42.6 Å². The molecule has 2 rings (SSSR count). The zero-order valence-corrected chi connectivity index (χ0v) is 14.4. The second kappa shape index (κ2) is 8.31. The fourth-order valence-corrected chi connectivity index (χ4v) is 2.03. The maximum atomic E-state index is 12.2. The molecule has 0 aliphatic carbocycles. The van der Waals surface area contributed by atoms with E-state index < -0.39 is 6.10 Å². The first kappa shape index (κ1) is 17.7. The van der Waals surface area contributed by atoms with Crippen molar-refractivity contribution in [2.24, 2.45) is 0 Å². The van der Waals surface area contributed by atoms with Crippen LogP contribution >= 0.6 is 0 Å². The lowest BCUT2D eigenvalue weighted by Crippen LogP contribution is -2.27. The summed E-state index contributed by atoms with van der Waals surface area (Å²) < 4.78 is 10.8. The molecule has 1 aromatic heterocycles. The third-order valence-electron chi connectivity index (χ3n) is 3.48. The first-order valence-electron chi connectivity index (χ1n) is 7.68. The van der Waals surface area contributed by atoms with Gasteiger partial charge >= 0.3 is 0 Å². The molecule has 0 radical (unpaired) electrons. The van der Waals surface area contributed by atoms with Gasteiger partial charge in [-0.3, -0.25) is 4.79 Å². The molecule has 1 heterocycles. The Kier molecular flexibility index (Phi) is 6.14. The molecule has 6 heteroatoms. The largest absolute Gasteiger partial charge is 0.497 e. The number of nitrogens with one attached hydrogen (secondary N) is 1. The molecule has 1 N–H and O–H groups in total. The standard InChI is InChI=1S/C18H23N3O3/c1-13(24-12-14-6-5-7-16(10-14)23-4)18(22)20-15-8-9-17(19-11-15)21(2)3/h5-11,13H,12H2,1-4H3,(H,20,22). The van der Waals surface area contributed by atoms with Crippen LogP contribution in [0.4, 0.5) is 11.5 Å². The van der Waals surface area contributed by atoms with Crippen LogP contribution in [-0.4, -0.2) is 38.2 Å². The molecule has 1 atom stereocenters. The zero-order valence-electron chi connectivity index (χ0n) is 14.4. The first-order chi connectivity index (χ1) is 11.5. The van der Waals surface area contributed by atoms with Crippen LogP contribution in [0.25, 0.3) is 0 Å².